The molecule has 0 bridgehead atoms. The van der Waals surface area contributed by atoms with Gasteiger partial charge in [-0.15, -0.1) is 0 Å². The van der Waals surface area contributed by atoms with Crippen molar-refractivity contribution in [1.82, 2.24) is 14.5 Å². The van der Waals surface area contributed by atoms with E-state index in [2.05, 4.69) is 46.4 Å². The minimum absolute atomic E-state index is 0.122. The second-order valence-electron chi connectivity index (χ2n) is 6.86. The fourth-order valence-electron chi connectivity index (χ4n) is 3.52. The molecule has 1 aromatic carbocycles. The number of anilines is 1. The van der Waals surface area contributed by atoms with Gasteiger partial charge in [-0.25, -0.2) is 4.98 Å². The van der Waals surface area contributed by atoms with Crippen LogP contribution in [0.4, 0.5) is 5.95 Å². The lowest BCUT2D eigenvalue weighted by atomic mass is 9.89. The van der Waals surface area contributed by atoms with Gasteiger partial charge in [-0.05, 0) is 48.4 Å². The van der Waals surface area contributed by atoms with Gasteiger partial charge in [0.2, 0.25) is 5.95 Å². The van der Waals surface area contributed by atoms with Crippen LogP contribution in [0.25, 0.3) is 5.57 Å². The zero-order valence-corrected chi connectivity index (χ0v) is 15.4. The molecule has 0 radical (unpaired) electrons. The minimum Gasteiger partial charge on any atom is -0.369 e. The Hall–Kier alpha value is -3.21. The predicted octanol–water partition coefficient (Wildman–Crippen LogP) is 2.92. The second kappa shape index (κ2) is 7.19. The van der Waals surface area contributed by atoms with E-state index >= 15 is 0 Å². The number of hydrogen-bond acceptors (Lipinski definition) is 4. The Morgan fingerprint density at radius 1 is 1.15 bits per heavy atom. The summed E-state index contributed by atoms with van der Waals surface area (Å²) in [5.41, 5.74) is 12.5. The maximum atomic E-state index is 11.9. The molecule has 1 aliphatic rings. The standard InChI is InChI=1S/C22H22N4O/c1-26-21(27)14-17(25-22(26)23)11-10-15-5-2-6-16(13-15)18-7-3-9-20-19(18)8-4-12-24-20/h2,4-8,12-14H,3,9-11H2,1H3,(H2,23,25). The molecule has 0 amide bonds. The van der Waals surface area contributed by atoms with Crippen molar-refractivity contribution in [3.05, 3.63) is 93.2 Å². The summed E-state index contributed by atoms with van der Waals surface area (Å²) >= 11 is 0. The van der Waals surface area contributed by atoms with Crippen LogP contribution in [0, 0.1) is 0 Å². The second-order valence-corrected chi connectivity index (χ2v) is 6.86. The molecule has 136 valence electrons. The number of aromatic nitrogens is 3. The number of nitrogens with zero attached hydrogens (tertiary/aromatic N) is 3. The van der Waals surface area contributed by atoms with Crippen LogP contribution in [0.3, 0.4) is 0 Å². The van der Waals surface area contributed by atoms with Crippen LogP contribution in [-0.2, 0) is 26.3 Å². The van der Waals surface area contributed by atoms with Crippen molar-refractivity contribution in [1.29, 1.82) is 0 Å². The summed E-state index contributed by atoms with van der Waals surface area (Å²) in [5.74, 6) is 0.253. The smallest absolute Gasteiger partial charge is 0.254 e. The lowest BCUT2D eigenvalue weighted by Crippen LogP contribution is -2.21. The average molecular weight is 358 g/mol. The zero-order chi connectivity index (χ0) is 18.8. The number of fused-ring (bicyclic) bond motifs is 1. The number of hydrogen-bond donors (Lipinski definition) is 1. The monoisotopic (exact) mass is 358 g/mol. The van der Waals surface area contributed by atoms with Crippen molar-refractivity contribution in [2.24, 2.45) is 7.05 Å². The Labute approximate surface area is 158 Å². The summed E-state index contributed by atoms with van der Waals surface area (Å²) in [7, 11) is 1.63. The molecule has 4 rings (SSSR count). The van der Waals surface area contributed by atoms with E-state index in [0.29, 0.717) is 6.42 Å². The summed E-state index contributed by atoms with van der Waals surface area (Å²) in [6, 6.07) is 14.3. The predicted molar refractivity (Wildman–Crippen MR) is 107 cm³/mol. The summed E-state index contributed by atoms with van der Waals surface area (Å²) < 4.78 is 1.35. The highest BCUT2D eigenvalue weighted by molar-refractivity contribution is 5.82. The molecule has 1 aliphatic carbocycles. The van der Waals surface area contributed by atoms with E-state index in [9.17, 15) is 4.79 Å². The molecule has 3 aromatic rings. The summed E-state index contributed by atoms with van der Waals surface area (Å²) in [4.78, 5) is 20.7. The Morgan fingerprint density at radius 2 is 2.04 bits per heavy atom. The van der Waals surface area contributed by atoms with Gasteiger partial charge in [0.05, 0.1) is 5.69 Å². The van der Waals surface area contributed by atoms with Gasteiger partial charge in [0.1, 0.15) is 0 Å². The van der Waals surface area contributed by atoms with E-state index in [-0.39, 0.29) is 11.5 Å². The van der Waals surface area contributed by atoms with Crippen LogP contribution in [0.1, 0.15) is 34.5 Å². The van der Waals surface area contributed by atoms with E-state index in [4.69, 9.17) is 5.73 Å². The number of rotatable bonds is 4. The summed E-state index contributed by atoms with van der Waals surface area (Å²) in [5, 5.41) is 0. The maximum Gasteiger partial charge on any atom is 0.254 e. The molecule has 5 nitrogen and oxygen atoms in total. The van der Waals surface area contributed by atoms with Crippen LogP contribution in [-0.4, -0.2) is 14.5 Å². The number of pyridine rings is 1. The molecule has 0 unspecified atom stereocenters. The molecule has 5 heteroatoms. The fraction of sp³-hybridized carbons (Fsp3) is 0.227. The maximum absolute atomic E-state index is 11.9. The van der Waals surface area contributed by atoms with Gasteiger partial charge in [-0.2, -0.15) is 0 Å². The van der Waals surface area contributed by atoms with E-state index in [1.165, 1.54) is 32.5 Å². The number of aryl methyl sites for hydroxylation is 3. The molecule has 0 spiro atoms. The molecule has 0 aliphatic heterocycles. The first kappa shape index (κ1) is 17.2. The number of nitrogen functional groups attached to an aromatic ring is 1. The van der Waals surface area contributed by atoms with E-state index in [1.807, 2.05) is 12.3 Å². The van der Waals surface area contributed by atoms with Gasteiger partial charge >= 0.3 is 0 Å². The third kappa shape index (κ3) is 3.53. The Balaban J connectivity index is 1.57. The van der Waals surface area contributed by atoms with Gasteiger partial charge in [-0.1, -0.05) is 36.4 Å². The average Bonchev–Trinajstić information content (AvgIpc) is 2.70. The van der Waals surface area contributed by atoms with Crippen LogP contribution in [0.15, 0.2) is 59.5 Å². The molecule has 0 atom stereocenters. The Kier molecular flexibility index (Phi) is 4.59. The van der Waals surface area contributed by atoms with Crippen molar-refractivity contribution in [3.8, 4) is 0 Å². The molecule has 27 heavy (non-hydrogen) atoms. The largest absolute Gasteiger partial charge is 0.369 e. The quantitative estimate of drug-likeness (QED) is 0.778. The van der Waals surface area contributed by atoms with Crippen LogP contribution < -0.4 is 11.3 Å². The van der Waals surface area contributed by atoms with Crippen molar-refractivity contribution in [2.75, 3.05) is 5.73 Å². The minimum atomic E-state index is -0.122. The molecular formula is C22H22N4O. The van der Waals surface area contributed by atoms with Crippen molar-refractivity contribution in [2.45, 2.75) is 25.7 Å². The van der Waals surface area contributed by atoms with Gasteiger partial charge in [0.25, 0.3) is 5.56 Å². The summed E-state index contributed by atoms with van der Waals surface area (Å²) in [6.45, 7) is 0. The first-order chi connectivity index (χ1) is 13.1. The molecule has 0 fully saturated rings. The third-order valence-corrected chi connectivity index (χ3v) is 5.04. The SMILES string of the molecule is Cn1c(N)nc(CCc2cccc(C3=CCCc4ncccc43)c2)cc1=O. The fourth-order valence-corrected chi connectivity index (χ4v) is 3.52. The molecule has 0 saturated carbocycles. The van der Waals surface area contributed by atoms with Gasteiger partial charge in [0, 0.05) is 30.6 Å². The molecule has 2 N–H and O–H groups in total. The molecule has 2 aromatic heterocycles. The number of allylic oxidation sites excluding steroid dienone is 1. The summed E-state index contributed by atoms with van der Waals surface area (Å²) in [6.07, 6.45) is 7.66. The lowest BCUT2D eigenvalue weighted by molar-refractivity contribution is 0.806. The van der Waals surface area contributed by atoms with E-state index < -0.39 is 0 Å². The van der Waals surface area contributed by atoms with Crippen molar-refractivity contribution < 1.29 is 0 Å². The van der Waals surface area contributed by atoms with Crippen LogP contribution in [0.2, 0.25) is 0 Å². The van der Waals surface area contributed by atoms with E-state index in [0.717, 1.165) is 25.0 Å². The van der Waals surface area contributed by atoms with Gasteiger partial charge in [-0.3, -0.25) is 14.3 Å². The molecular weight excluding hydrogens is 336 g/mol. The number of benzene rings is 1. The van der Waals surface area contributed by atoms with Crippen LogP contribution >= 0.6 is 0 Å². The molecule has 0 saturated heterocycles. The highest BCUT2D eigenvalue weighted by atomic mass is 16.1. The van der Waals surface area contributed by atoms with Crippen molar-refractivity contribution >= 4 is 11.5 Å². The normalized spacial score (nSPS) is 13.1. The Morgan fingerprint density at radius 3 is 2.89 bits per heavy atom. The first-order valence-electron chi connectivity index (χ1n) is 9.18. The Bertz CT molecular complexity index is 1080. The number of nitrogens with two attached hydrogens (primary N) is 1. The molecule has 2 heterocycles. The first-order valence-corrected chi connectivity index (χ1v) is 9.18. The zero-order valence-electron chi connectivity index (χ0n) is 15.4. The van der Waals surface area contributed by atoms with Crippen molar-refractivity contribution in [3.63, 3.8) is 0 Å². The lowest BCUT2D eigenvalue weighted by Gasteiger charge is -2.17. The van der Waals surface area contributed by atoms with E-state index in [1.54, 1.807) is 13.1 Å². The highest BCUT2D eigenvalue weighted by Gasteiger charge is 2.15. The van der Waals surface area contributed by atoms with Gasteiger partial charge < -0.3 is 5.73 Å². The third-order valence-electron chi connectivity index (χ3n) is 5.04. The topological polar surface area (TPSA) is 73.8 Å². The highest BCUT2D eigenvalue weighted by Crippen LogP contribution is 2.30. The van der Waals surface area contributed by atoms with Crippen LogP contribution in [0.5, 0.6) is 0 Å². The van der Waals surface area contributed by atoms with Gasteiger partial charge in [0.15, 0.2) is 0 Å².